The second-order valence-electron chi connectivity index (χ2n) is 20.2. The van der Waals surface area contributed by atoms with Crippen LogP contribution >= 0.6 is 19.2 Å². The quantitative estimate of drug-likeness (QED) is 0.0635. The van der Waals surface area contributed by atoms with Crippen molar-refractivity contribution >= 4 is 71.5 Å². The van der Waals surface area contributed by atoms with Crippen molar-refractivity contribution in [1.82, 2.24) is 29.7 Å². The molecule has 22 heteroatoms. The number of carbonyl (C=O) groups is 4. The average Bonchev–Trinajstić information content (AvgIpc) is 4.10. The Hall–Kier alpha value is -6.32. The molecular formula is C53H61N10O10PS. The van der Waals surface area contributed by atoms with Gasteiger partial charge in [-0.3, -0.25) is 43.6 Å². The number of carbonyl (C=O) groups excluding carboxylic acids is 4. The largest absolute Gasteiger partial charge is 0.471 e. The first kappa shape index (κ1) is 47.2. The first-order chi connectivity index (χ1) is 37.3. The Kier molecular flexibility index (Phi) is 13.0. The van der Waals surface area contributed by atoms with Gasteiger partial charge in [-0.2, -0.15) is 0 Å². The molecule has 11 rings (SSSR count). The number of ether oxygens (including phenoxy) is 1. The van der Waals surface area contributed by atoms with Crippen LogP contribution < -0.4 is 30.9 Å². The molecule has 1 aliphatic carbocycles. The number of imide groups is 1. The van der Waals surface area contributed by atoms with E-state index in [-0.39, 0.29) is 53.9 Å². The summed E-state index contributed by atoms with van der Waals surface area (Å²) in [5.74, 6) is -0.645. The third kappa shape index (κ3) is 10.3. The van der Waals surface area contributed by atoms with E-state index in [1.807, 2.05) is 18.2 Å². The number of aromatic nitrogens is 3. The van der Waals surface area contributed by atoms with Gasteiger partial charge < -0.3 is 39.1 Å². The smallest absolute Gasteiger partial charge is 0.371 e. The van der Waals surface area contributed by atoms with Crippen LogP contribution in [0.3, 0.4) is 0 Å². The summed E-state index contributed by atoms with van der Waals surface area (Å²) >= 11 is 1.51. The standard InChI is InChI=1S/C53H61N10O10PS/c1-31-27-60(35-15-19-59(20-16-35)36-8-10-39-33(24-36)29-63(51(39)66)44-11-13-47(64)57-50(44)65)22-23-61(31)37-9-12-46(55-26-37)56-43-25-34(28-58(3)52(43)67)38-14-18-54-49(42(38)30-72-32(2)73-74(69,70)71)62-21-17-41-40-6-4-5-7-45(40)75-48(41)53(62)68/h8-10,12,14,18,24-26,28,31-32,35,44H,4-7,11,13,15-17,19-23,27,29-30H2,1-3H3,(H,55,56)(H,57,64,65)(H2,69,70,71)/t31-,32?,44-/m0/s1/i3D3. The zero-order valence-electron chi connectivity index (χ0n) is 44.7. The van der Waals surface area contributed by atoms with Crippen molar-refractivity contribution in [1.29, 1.82) is 0 Å². The topological polar surface area (TPSA) is 232 Å². The molecule has 9 heterocycles. The number of benzene rings is 1. The van der Waals surface area contributed by atoms with E-state index in [1.54, 1.807) is 28.1 Å². The molecule has 0 bridgehead atoms. The van der Waals surface area contributed by atoms with E-state index in [9.17, 15) is 38.3 Å². The number of aryl methyl sites for hydroxylation is 2. The monoisotopic (exact) mass is 1060 g/mol. The Bertz CT molecular complexity index is 3310. The molecule has 394 valence electrons. The van der Waals surface area contributed by atoms with Crippen molar-refractivity contribution < 1.29 is 46.9 Å². The number of nitrogens with zero attached hydrogens (tertiary/aromatic N) is 8. The van der Waals surface area contributed by atoms with Gasteiger partial charge in [0.25, 0.3) is 17.4 Å². The van der Waals surface area contributed by atoms with Crippen LogP contribution in [0.4, 0.5) is 28.7 Å². The molecule has 4 aromatic heterocycles. The van der Waals surface area contributed by atoms with E-state index < -0.39 is 38.6 Å². The normalized spacial score (nSPS) is 21.8. The number of piperidine rings is 2. The van der Waals surface area contributed by atoms with Gasteiger partial charge >= 0.3 is 7.82 Å². The number of anilines is 5. The maximum atomic E-state index is 14.4. The van der Waals surface area contributed by atoms with Crippen LogP contribution in [0.25, 0.3) is 11.1 Å². The summed E-state index contributed by atoms with van der Waals surface area (Å²) in [5, 5.41) is 5.43. The van der Waals surface area contributed by atoms with Crippen molar-refractivity contribution in [2.75, 3.05) is 59.3 Å². The average molecular weight is 1060 g/mol. The molecule has 1 aromatic carbocycles. The number of pyridine rings is 3. The lowest BCUT2D eigenvalue weighted by molar-refractivity contribution is -0.136. The van der Waals surface area contributed by atoms with Gasteiger partial charge in [-0.1, -0.05) is 0 Å². The van der Waals surface area contributed by atoms with E-state index in [0.29, 0.717) is 63.9 Å². The predicted molar refractivity (Wildman–Crippen MR) is 282 cm³/mol. The van der Waals surface area contributed by atoms with Crippen molar-refractivity contribution in [2.45, 2.75) is 109 Å². The van der Waals surface area contributed by atoms with Gasteiger partial charge in [0.15, 0.2) is 6.29 Å². The number of rotatable bonds is 13. The SMILES string of the molecule is [2H]C([2H])([2H])n1cc(-c2ccnc(N3CCc4c(sc5c4CCCC5)C3=O)c2COC(C)OP(=O)(O)O)cc(Nc2ccc(N3CCN(C4CCN(c5ccc6c(c5)CN([C@H]5CCC(=O)NC5=O)C6=O)CC4)C[C@@H]3C)cn2)c1=O. The molecule has 4 N–H and O–H groups in total. The molecule has 75 heavy (non-hydrogen) atoms. The predicted octanol–water partition coefficient (Wildman–Crippen LogP) is 5.64. The summed E-state index contributed by atoms with van der Waals surface area (Å²) in [5.41, 5.74) is 5.74. The minimum Gasteiger partial charge on any atom is -0.371 e. The first-order valence-electron chi connectivity index (χ1n) is 27.1. The Morgan fingerprint density at radius 3 is 2.47 bits per heavy atom. The number of hydrogen-bond acceptors (Lipinski definition) is 15. The van der Waals surface area contributed by atoms with E-state index in [1.165, 1.54) is 47.2 Å². The fourth-order valence-electron chi connectivity index (χ4n) is 11.8. The molecule has 5 aliphatic heterocycles. The molecule has 3 fully saturated rings. The number of thiophene rings is 1. The maximum Gasteiger partial charge on any atom is 0.471 e. The molecule has 4 amide bonds. The molecule has 1 unspecified atom stereocenters. The first-order valence-corrected chi connectivity index (χ1v) is 27.9. The van der Waals surface area contributed by atoms with E-state index in [0.717, 1.165) is 93.8 Å². The number of hydrogen-bond donors (Lipinski definition) is 4. The number of fused-ring (bicyclic) bond motifs is 4. The third-order valence-electron chi connectivity index (χ3n) is 15.5. The second kappa shape index (κ2) is 20.7. The summed E-state index contributed by atoms with van der Waals surface area (Å²) < 4.78 is 48.1. The highest BCUT2D eigenvalue weighted by molar-refractivity contribution is 7.46. The Morgan fingerprint density at radius 2 is 1.71 bits per heavy atom. The molecule has 0 radical (unpaired) electrons. The highest BCUT2D eigenvalue weighted by atomic mass is 32.1. The van der Waals surface area contributed by atoms with Gasteiger partial charge in [0.05, 0.1) is 23.4 Å². The van der Waals surface area contributed by atoms with Gasteiger partial charge in [0.1, 0.15) is 23.4 Å². The summed E-state index contributed by atoms with van der Waals surface area (Å²) in [6.45, 7) is 5.01. The number of amides is 4. The van der Waals surface area contributed by atoms with Crippen LogP contribution in [0.1, 0.15) is 104 Å². The van der Waals surface area contributed by atoms with Gasteiger partial charge in [-0.15, -0.1) is 11.3 Å². The van der Waals surface area contributed by atoms with Crippen molar-refractivity contribution in [3.8, 4) is 11.1 Å². The highest BCUT2D eigenvalue weighted by Crippen LogP contribution is 2.42. The molecule has 3 atom stereocenters. The van der Waals surface area contributed by atoms with Crippen molar-refractivity contribution in [2.24, 2.45) is 6.98 Å². The van der Waals surface area contributed by atoms with Crippen molar-refractivity contribution in [3.63, 3.8) is 0 Å². The molecule has 0 saturated carbocycles. The maximum absolute atomic E-state index is 14.4. The third-order valence-corrected chi connectivity index (χ3v) is 17.4. The van der Waals surface area contributed by atoms with E-state index in [4.69, 9.17) is 13.4 Å². The van der Waals surface area contributed by atoms with Crippen LogP contribution in [0, 0.1) is 0 Å². The zero-order valence-corrected chi connectivity index (χ0v) is 43.4. The summed E-state index contributed by atoms with van der Waals surface area (Å²) in [4.78, 5) is 107. The lowest BCUT2D eigenvalue weighted by atomic mass is 9.92. The molecule has 5 aromatic rings. The van der Waals surface area contributed by atoms with E-state index in [2.05, 4.69) is 48.3 Å². The van der Waals surface area contributed by atoms with Crippen molar-refractivity contribution in [3.05, 3.63) is 109 Å². The number of piperazine rings is 1. The summed E-state index contributed by atoms with van der Waals surface area (Å²) in [6.07, 6.45) is 10.1. The lowest BCUT2D eigenvalue weighted by Gasteiger charge is -2.46. The zero-order chi connectivity index (χ0) is 54.8. The van der Waals surface area contributed by atoms with E-state index >= 15 is 0 Å². The van der Waals surface area contributed by atoms with Gasteiger partial charge in [0.2, 0.25) is 11.8 Å². The van der Waals surface area contributed by atoms with Crippen LogP contribution in [0.15, 0.2) is 65.8 Å². The molecule has 6 aliphatic rings. The van der Waals surface area contributed by atoms with Gasteiger partial charge in [0, 0.05) is 115 Å². The number of phosphoric acid groups is 1. The van der Waals surface area contributed by atoms with Crippen LogP contribution in [0.5, 0.6) is 0 Å². The molecule has 3 saturated heterocycles. The highest BCUT2D eigenvalue weighted by Gasteiger charge is 2.40. The lowest BCUT2D eigenvalue weighted by Crippen LogP contribution is -2.57. The Morgan fingerprint density at radius 1 is 0.893 bits per heavy atom. The fraction of sp³-hybridized carbons (Fsp3) is 0.453. The Balaban J connectivity index is 0.773. The van der Waals surface area contributed by atoms with Gasteiger partial charge in [-0.05, 0) is 130 Å². The number of phosphoric ester groups is 1. The summed E-state index contributed by atoms with van der Waals surface area (Å²) in [6, 6.07) is 12.6. The molecule has 20 nitrogen and oxygen atoms in total. The minimum absolute atomic E-state index is 0.0918. The van der Waals surface area contributed by atoms with Gasteiger partial charge in [-0.25, -0.2) is 14.5 Å². The van der Waals surface area contributed by atoms with Crippen LogP contribution in [-0.2, 0) is 62.8 Å². The van der Waals surface area contributed by atoms with Crippen LogP contribution in [0.2, 0.25) is 0 Å². The molecular weight excluding hydrogens is 1000 g/mol. The second-order valence-corrected chi connectivity index (χ2v) is 22.5. The van der Waals surface area contributed by atoms with Crippen LogP contribution in [-0.4, -0.2) is 121 Å². The Labute approximate surface area is 442 Å². The minimum atomic E-state index is -4.96. The molecule has 0 spiro atoms. The number of nitrogens with one attached hydrogen (secondary N) is 2. The summed E-state index contributed by atoms with van der Waals surface area (Å²) in [7, 11) is -4.96. The fourth-order valence-corrected chi connectivity index (χ4v) is 13.6.